The molecule has 0 saturated carbocycles. The summed E-state index contributed by atoms with van der Waals surface area (Å²) in [5.74, 6) is 0.0769. The first-order valence-corrected chi connectivity index (χ1v) is 9.25. The zero-order valence-corrected chi connectivity index (χ0v) is 16.0. The van der Waals surface area contributed by atoms with Gasteiger partial charge in [0, 0.05) is 21.3 Å². The third-order valence-corrected chi connectivity index (χ3v) is 4.74. The average molecular weight is 422 g/mol. The number of halogens is 2. The van der Waals surface area contributed by atoms with E-state index in [-0.39, 0.29) is 23.6 Å². The van der Waals surface area contributed by atoms with Crippen LogP contribution in [0.2, 0.25) is 10.0 Å². The molecule has 1 fully saturated rings. The van der Waals surface area contributed by atoms with Gasteiger partial charge in [0.25, 0.3) is 11.1 Å². The number of thioether (sulfide) groups is 1. The highest BCUT2D eigenvalue weighted by molar-refractivity contribution is 8.18. The summed E-state index contributed by atoms with van der Waals surface area (Å²) in [4.78, 5) is 23.9. The van der Waals surface area contributed by atoms with Crippen LogP contribution in [0.5, 0.6) is 5.75 Å². The van der Waals surface area contributed by atoms with Crippen molar-refractivity contribution in [2.24, 2.45) is 0 Å². The molecule has 3 N–H and O–H groups in total. The lowest BCUT2D eigenvalue weighted by molar-refractivity contribution is -0.118. The average Bonchev–Trinajstić information content (AvgIpc) is 2.93. The van der Waals surface area contributed by atoms with Gasteiger partial charge in [0.15, 0.2) is 6.61 Å². The Balaban J connectivity index is 1.70. The molecule has 0 unspecified atom stereocenters. The summed E-state index contributed by atoms with van der Waals surface area (Å²) in [7, 11) is 0. The molecule has 1 saturated heterocycles. The summed E-state index contributed by atoms with van der Waals surface area (Å²) in [5.41, 5.74) is 1.16. The van der Waals surface area contributed by atoms with Gasteiger partial charge >= 0.3 is 0 Å². The van der Waals surface area contributed by atoms with Crippen molar-refractivity contribution in [3.63, 3.8) is 0 Å². The fraction of sp³-hybridized carbons (Fsp3) is 0.0556. The lowest BCUT2D eigenvalue weighted by Gasteiger charge is -2.11. The van der Waals surface area contributed by atoms with Crippen LogP contribution in [0.25, 0.3) is 6.08 Å². The van der Waals surface area contributed by atoms with Gasteiger partial charge in [-0.15, -0.1) is 0 Å². The maximum atomic E-state index is 12.1. The SMILES string of the molecule is N=C1NC(=O)S/C1=C\c1cc(Cl)ccc1OCC(=O)Nc1ccc(Cl)cc1. The van der Waals surface area contributed by atoms with E-state index >= 15 is 0 Å². The smallest absolute Gasteiger partial charge is 0.289 e. The van der Waals surface area contributed by atoms with Crippen LogP contribution in [0.4, 0.5) is 10.5 Å². The summed E-state index contributed by atoms with van der Waals surface area (Å²) in [5, 5.41) is 13.6. The van der Waals surface area contributed by atoms with Gasteiger partial charge in [-0.2, -0.15) is 0 Å². The maximum absolute atomic E-state index is 12.1. The van der Waals surface area contributed by atoms with Gasteiger partial charge in [-0.05, 0) is 60.3 Å². The molecule has 2 aromatic rings. The molecular weight excluding hydrogens is 409 g/mol. The maximum Gasteiger partial charge on any atom is 0.289 e. The van der Waals surface area contributed by atoms with Crippen LogP contribution in [0.15, 0.2) is 47.4 Å². The molecule has 9 heteroatoms. The second-order valence-corrected chi connectivity index (χ2v) is 7.31. The number of carbonyl (C=O) groups excluding carboxylic acids is 2. The van der Waals surface area contributed by atoms with Gasteiger partial charge in [-0.3, -0.25) is 15.0 Å². The summed E-state index contributed by atoms with van der Waals surface area (Å²) < 4.78 is 5.60. The van der Waals surface area contributed by atoms with E-state index in [2.05, 4.69) is 10.6 Å². The minimum atomic E-state index is -0.342. The third-order valence-electron chi connectivity index (χ3n) is 3.42. The minimum Gasteiger partial charge on any atom is -0.483 e. The molecule has 0 aromatic heterocycles. The summed E-state index contributed by atoms with van der Waals surface area (Å²) in [6.07, 6.45) is 1.61. The van der Waals surface area contributed by atoms with Gasteiger partial charge in [0.2, 0.25) is 0 Å². The van der Waals surface area contributed by atoms with Gasteiger partial charge in [0.05, 0.1) is 4.91 Å². The topological polar surface area (TPSA) is 91.3 Å². The van der Waals surface area contributed by atoms with Crippen LogP contribution in [-0.2, 0) is 4.79 Å². The zero-order valence-electron chi connectivity index (χ0n) is 13.7. The first-order valence-electron chi connectivity index (χ1n) is 7.68. The molecular formula is C18H13Cl2N3O3S. The normalized spacial score (nSPS) is 15.0. The fourth-order valence-electron chi connectivity index (χ4n) is 2.22. The van der Waals surface area contributed by atoms with E-state index in [1.807, 2.05) is 0 Å². The molecule has 1 aliphatic rings. The van der Waals surface area contributed by atoms with Gasteiger partial charge in [0.1, 0.15) is 11.6 Å². The van der Waals surface area contributed by atoms with Crippen LogP contribution < -0.4 is 15.4 Å². The molecule has 2 amide bonds. The molecule has 0 atom stereocenters. The fourth-order valence-corrected chi connectivity index (χ4v) is 3.22. The van der Waals surface area contributed by atoms with E-state index in [4.69, 9.17) is 33.3 Å². The first kappa shape index (κ1) is 19.3. The molecule has 0 aliphatic carbocycles. The number of anilines is 1. The number of amidine groups is 1. The largest absolute Gasteiger partial charge is 0.483 e. The van der Waals surface area contributed by atoms with E-state index in [1.54, 1.807) is 48.5 Å². The highest BCUT2D eigenvalue weighted by Gasteiger charge is 2.22. The number of hydrogen-bond donors (Lipinski definition) is 3. The molecule has 138 valence electrons. The Morgan fingerprint density at radius 1 is 1.19 bits per heavy atom. The Morgan fingerprint density at radius 3 is 2.56 bits per heavy atom. The predicted octanol–water partition coefficient (Wildman–Crippen LogP) is 4.79. The Kier molecular flexibility index (Phi) is 6.05. The van der Waals surface area contributed by atoms with Crippen LogP contribution in [0.3, 0.4) is 0 Å². The van der Waals surface area contributed by atoms with Crippen LogP contribution >= 0.6 is 35.0 Å². The van der Waals surface area contributed by atoms with Crippen molar-refractivity contribution in [2.75, 3.05) is 11.9 Å². The highest BCUT2D eigenvalue weighted by atomic mass is 35.5. The number of benzene rings is 2. The molecule has 27 heavy (non-hydrogen) atoms. The standard InChI is InChI=1S/C18H13Cl2N3O3S/c19-11-1-4-13(5-2-11)22-16(24)9-26-14-6-3-12(20)7-10(14)8-15-17(21)23-18(25)27-15/h1-8H,9H2,(H,22,24)(H2,21,23,25)/b15-8-. The van der Waals surface area contributed by atoms with E-state index in [0.29, 0.717) is 32.0 Å². The molecule has 6 nitrogen and oxygen atoms in total. The molecule has 0 radical (unpaired) electrons. The monoisotopic (exact) mass is 421 g/mol. The molecule has 1 aliphatic heterocycles. The summed E-state index contributed by atoms with van der Waals surface area (Å²) >= 11 is 12.8. The third kappa shape index (κ3) is 5.26. The van der Waals surface area contributed by atoms with E-state index < -0.39 is 0 Å². The molecule has 0 spiro atoms. The van der Waals surface area contributed by atoms with Crippen molar-refractivity contribution >= 4 is 63.7 Å². The number of carbonyl (C=O) groups is 2. The highest BCUT2D eigenvalue weighted by Crippen LogP contribution is 2.31. The summed E-state index contributed by atoms with van der Waals surface area (Å²) in [6, 6.07) is 11.6. The Bertz CT molecular complexity index is 945. The predicted molar refractivity (Wildman–Crippen MR) is 109 cm³/mol. The molecule has 0 bridgehead atoms. The lowest BCUT2D eigenvalue weighted by Crippen LogP contribution is -2.20. The quantitative estimate of drug-likeness (QED) is 0.647. The van der Waals surface area contributed by atoms with Crippen molar-refractivity contribution in [3.05, 3.63) is 63.0 Å². The van der Waals surface area contributed by atoms with Crippen LogP contribution in [0, 0.1) is 5.41 Å². The summed E-state index contributed by atoms with van der Waals surface area (Å²) in [6.45, 7) is -0.220. The zero-order chi connectivity index (χ0) is 19.4. The number of ether oxygens (including phenoxy) is 1. The van der Waals surface area contributed by atoms with E-state index in [1.165, 1.54) is 0 Å². The van der Waals surface area contributed by atoms with Crippen molar-refractivity contribution < 1.29 is 14.3 Å². The minimum absolute atomic E-state index is 0.0106. The molecule has 3 rings (SSSR count). The van der Waals surface area contributed by atoms with Crippen LogP contribution in [-0.4, -0.2) is 23.6 Å². The van der Waals surface area contributed by atoms with Gasteiger partial charge in [-0.1, -0.05) is 23.2 Å². The number of amides is 2. The van der Waals surface area contributed by atoms with Gasteiger partial charge < -0.3 is 15.4 Å². The Morgan fingerprint density at radius 2 is 1.89 bits per heavy atom. The van der Waals surface area contributed by atoms with E-state index in [0.717, 1.165) is 11.8 Å². The number of rotatable bonds is 5. The number of hydrogen-bond acceptors (Lipinski definition) is 5. The van der Waals surface area contributed by atoms with Crippen molar-refractivity contribution in [1.29, 1.82) is 5.41 Å². The number of nitrogens with one attached hydrogen (secondary N) is 3. The Hall–Kier alpha value is -2.48. The van der Waals surface area contributed by atoms with Crippen molar-refractivity contribution in [3.8, 4) is 5.75 Å². The molecule has 1 heterocycles. The van der Waals surface area contributed by atoms with E-state index in [9.17, 15) is 9.59 Å². The van der Waals surface area contributed by atoms with Crippen molar-refractivity contribution in [2.45, 2.75) is 0 Å². The molecule has 2 aromatic carbocycles. The second-order valence-electron chi connectivity index (χ2n) is 5.42. The van der Waals surface area contributed by atoms with Crippen LogP contribution in [0.1, 0.15) is 5.56 Å². The second kappa shape index (κ2) is 8.47. The van der Waals surface area contributed by atoms with Gasteiger partial charge in [-0.25, -0.2) is 0 Å². The first-order chi connectivity index (χ1) is 12.9. The Labute approximate surface area is 169 Å². The van der Waals surface area contributed by atoms with Crippen molar-refractivity contribution in [1.82, 2.24) is 5.32 Å². The lowest BCUT2D eigenvalue weighted by atomic mass is 10.2.